The first-order valence-electron chi connectivity index (χ1n) is 7.96. The number of nitrogens with zero attached hydrogens (tertiary/aromatic N) is 3. The molecule has 0 N–H and O–H groups in total. The summed E-state index contributed by atoms with van der Waals surface area (Å²) in [5.74, 6) is 0.528. The summed E-state index contributed by atoms with van der Waals surface area (Å²) in [5, 5.41) is 6.26. The van der Waals surface area contributed by atoms with E-state index in [-0.39, 0.29) is 11.9 Å². The summed E-state index contributed by atoms with van der Waals surface area (Å²) in [6.45, 7) is 5.44. The minimum Gasteiger partial charge on any atom is -0.387 e. The number of aromatic nitrogens is 2. The highest BCUT2D eigenvalue weighted by Crippen LogP contribution is 2.25. The highest BCUT2D eigenvalue weighted by atomic mass is 32.1. The Bertz CT molecular complexity index is 709. The van der Waals surface area contributed by atoms with Crippen LogP contribution in [-0.2, 0) is 4.79 Å². The molecule has 6 nitrogen and oxygen atoms in total. The summed E-state index contributed by atoms with van der Waals surface area (Å²) in [4.78, 5) is 26.9. The Morgan fingerprint density at radius 1 is 1.43 bits per heavy atom. The Morgan fingerprint density at radius 3 is 2.78 bits per heavy atom. The van der Waals surface area contributed by atoms with Crippen LogP contribution in [0.4, 0.5) is 0 Å². The van der Waals surface area contributed by atoms with Gasteiger partial charge in [-0.15, -0.1) is 16.4 Å². The predicted molar refractivity (Wildman–Crippen MR) is 88.4 cm³/mol. The van der Waals surface area contributed by atoms with Crippen molar-refractivity contribution < 1.29 is 9.21 Å². The molecule has 0 saturated carbocycles. The normalized spacial score (nSPS) is 16.2. The van der Waals surface area contributed by atoms with E-state index in [2.05, 4.69) is 5.10 Å². The van der Waals surface area contributed by atoms with Crippen LogP contribution in [0.3, 0.4) is 0 Å². The van der Waals surface area contributed by atoms with Crippen LogP contribution in [0.1, 0.15) is 39.2 Å². The van der Waals surface area contributed by atoms with Gasteiger partial charge in [-0.1, -0.05) is 19.9 Å². The molecule has 7 heteroatoms. The van der Waals surface area contributed by atoms with Crippen molar-refractivity contribution in [3.63, 3.8) is 0 Å². The van der Waals surface area contributed by atoms with Crippen molar-refractivity contribution in [3.05, 3.63) is 28.1 Å². The largest absolute Gasteiger partial charge is 0.437 e. The molecule has 0 unspecified atom stereocenters. The number of likely N-dealkylation sites (tertiary alicyclic amines) is 1. The second-order valence-corrected chi connectivity index (χ2v) is 7.25. The lowest BCUT2D eigenvalue weighted by Crippen LogP contribution is -2.41. The predicted octanol–water partition coefficient (Wildman–Crippen LogP) is 2.77. The van der Waals surface area contributed by atoms with E-state index in [1.807, 2.05) is 36.3 Å². The maximum Gasteiger partial charge on any atom is 0.437 e. The molecule has 2 aromatic heterocycles. The van der Waals surface area contributed by atoms with Gasteiger partial charge < -0.3 is 9.32 Å². The van der Waals surface area contributed by atoms with Crippen LogP contribution in [0.15, 0.2) is 26.7 Å². The van der Waals surface area contributed by atoms with Crippen molar-refractivity contribution in [1.82, 2.24) is 14.7 Å². The van der Waals surface area contributed by atoms with E-state index in [0.717, 1.165) is 17.7 Å². The maximum atomic E-state index is 12.1. The van der Waals surface area contributed by atoms with Crippen LogP contribution in [0, 0.1) is 5.92 Å². The van der Waals surface area contributed by atoms with E-state index in [0.29, 0.717) is 31.3 Å². The molecule has 1 aliphatic heterocycles. The second kappa shape index (κ2) is 6.70. The molecule has 3 heterocycles. The molecule has 2 aromatic rings. The Labute approximate surface area is 138 Å². The molecule has 124 valence electrons. The number of carbonyl (C=O) groups is 1. The van der Waals surface area contributed by atoms with E-state index >= 15 is 0 Å². The van der Waals surface area contributed by atoms with Crippen molar-refractivity contribution >= 4 is 17.2 Å². The first kappa shape index (κ1) is 16.0. The fraction of sp³-hybridized carbons (Fsp3) is 0.562. The lowest BCUT2D eigenvalue weighted by molar-refractivity contribution is -0.133. The molecule has 0 spiro atoms. The molecule has 3 rings (SSSR count). The van der Waals surface area contributed by atoms with Gasteiger partial charge in [-0.2, -0.15) is 4.68 Å². The Hall–Kier alpha value is -1.89. The van der Waals surface area contributed by atoms with Gasteiger partial charge in [0.2, 0.25) is 5.91 Å². The Balaban J connectivity index is 1.66. The van der Waals surface area contributed by atoms with Gasteiger partial charge in [0, 0.05) is 19.5 Å². The van der Waals surface area contributed by atoms with Gasteiger partial charge in [0.05, 0.1) is 10.9 Å². The summed E-state index contributed by atoms with van der Waals surface area (Å²) in [6, 6.07) is 3.79. The lowest BCUT2D eigenvalue weighted by atomic mass is 10.0. The van der Waals surface area contributed by atoms with E-state index in [4.69, 9.17) is 4.42 Å². The molecule has 23 heavy (non-hydrogen) atoms. The third kappa shape index (κ3) is 3.55. The molecule has 1 saturated heterocycles. The minimum absolute atomic E-state index is 0.00284. The smallest absolute Gasteiger partial charge is 0.387 e. The zero-order valence-corrected chi connectivity index (χ0v) is 14.2. The molecule has 0 aliphatic carbocycles. The number of hydrogen-bond donors (Lipinski definition) is 0. The molecule has 1 fully saturated rings. The van der Waals surface area contributed by atoms with Crippen LogP contribution >= 0.6 is 11.3 Å². The summed E-state index contributed by atoms with van der Waals surface area (Å²) < 4.78 is 6.71. The average Bonchev–Trinajstić information content (AvgIpc) is 3.16. The van der Waals surface area contributed by atoms with Crippen LogP contribution in [0.25, 0.3) is 10.8 Å². The second-order valence-electron chi connectivity index (χ2n) is 6.30. The van der Waals surface area contributed by atoms with Gasteiger partial charge in [0.1, 0.15) is 0 Å². The number of amides is 1. The summed E-state index contributed by atoms with van der Waals surface area (Å²) in [6.07, 6.45) is 2.05. The van der Waals surface area contributed by atoms with E-state index in [1.54, 1.807) is 0 Å². The Morgan fingerprint density at radius 2 is 2.17 bits per heavy atom. The third-order valence-electron chi connectivity index (χ3n) is 4.05. The van der Waals surface area contributed by atoms with Gasteiger partial charge in [-0.25, -0.2) is 4.79 Å². The number of rotatable bonds is 4. The van der Waals surface area contributed by atoms with Crippen molar-refractivity contribution in [2.75, 3.05) is 13.1 Å². The molecular formula is C16H21N3O3S. The zero-order chi connectivity index (χ0) is 16.4. The van der Waals surface area contributed by atoms with Gasteiger partial charge >= 0.3 is 5.76 Å². The maximum absolute atomic E-state index is 12.1. The highest BCUT2D eigenvalue weighted by Gasteiger charge is 2.27. The number of thiophene rings is 1. The number of piperidine rings is 1. The fourth-order valence-corrected chi connectivity index (χ4v) is 3.50. The van der Waals surface area contributed by atoms with Gasteiger partial charge in [0.25, 0.3) is 5.89 Å². The molecule has 0 radical (unpaired) electrons. The van der Waals surface area contributed by atoms with Gasteiger partial charge in [0.15, 0.2) is 0 Å². The van der Waals surface area contributed by atoms with Crippen LogP contribution in [0.5, 0.6) is 0 Å². The van der Waals surface area contributed by atoms with Crippen molar-refractivity contribution in [3.8, 4) is 10.8 Å². The van der Waals surface area contributed by atoms with Crippen molar-refractivity contribution in [1.29, 1.82) is 0 Å². The van der Waals surface area contributed by atoms with Crippen LogP contribution in [0.2, 0.25) is 0 Å². The van der Waals surface area contributed by atoms with E-state index in [1.165, 1.54) is 16.0 Å². The fourth-order valence-electron chi connectivity index (χ4n) is 2.86. The molecule has 0 bridgehead atoms. The SMILES string of the molecule is CC(C)CC(=O)N1CCC(n2nc(-c3cccs3)oc2=O)CC1. The first-order chi connectivity index (χ1) is 11.0. The van der Waals surface area contributed by atoms with Crippen molar-refractivity contribution in [2.45, 2.75) is 39.2 Å². The quantitative estimate of drug-likeness (QED) is 0.861. The monoisotopic (exact) mass is 335 g/mol. The zero-order valence-electron chi connectivity index (χ0n) is 13.4. The average molecular weight is 335 g/mol. The van der Waals surface area contributed by atoms with Crippen LogP contribution in [-0.4, -0.2) is 33.7 Å². The molecule has 0 atom stereocenters. The first-order valence-corrected chi connectivity index (χ1v) is 8.84. The topological polar surface area (TPSA) is 68.3 Å². The van der Waals surface area contributed by atoms with Gasteiger partial charge in [-0.3, -0.25) is 4.79 Å². The number of hydrogen-bond acceptors (Lipinski definition) is 5. The van der Waals surface area contributed by atoms with Gasteiger partial charge in [-0.05, 0) is 30.2 Å². The molecule has 1 aliphatic rings. The Kier molecular flexibility index (Phi) is 4.66. The van der Waals surface area contributed by atoms with Crippen molar-refractivity contribution in [2.24, 2.45) is 5.92 Å². The highest BCUT2D eigenvalue weighted by molar-refractivity contribution is 7.13. The van der Waals surface area contributed by atoms with E-state index in [9.17, 15) is 9.59 Å². The summed E-state index contributed by atoms with van der Waals surface area (Å²) in [5.41, 5.74) is 0. The molecule has 0 aromatic carbocycles. The van der Waals surface area contributed by atoms with E-state index < -0.39 is 5.76 Å². The molecular weight excluding hydrogens is 314 g/mol. The standard InChI is InChI=1S/C16H21N3O3S/c1-11(2)10-14(20)18-7-5-12(6-8-18)19-16(21)22-15(17-19)13-4-3-9-23-13/h3-4,9,11-12H,5-8,10H2,1-2H3. The summed E-state index contributed by atoms with van der Waals surface area (Å²) in [7, 11) is 0. The lowest BCUT2D eigenvalue weighted by Gasteiger charge is -2.31. The third-order valence-corrected chi connectivity index (χ3v) is 4.91. The number of carbonyl (C=O) groups excluding carboxylic acids is 1. The van der Waals surface area contributed by atoms with Crippen LogP contribution < -0.4 is 5.76 Å². The molecule has 1 amide bonds. The summed E-state index contributed by atoms with van der Waals surface area (Å²) >= 11 is 1.49. The minimum atomic E-state index is -0.416.